The number of fused-ring (bicyclic) bond motifs is 1. The number of H-pyrrole nitrogens is 1. The molecule has 2 amide bonds. The molecule has 1 aliphatic rings. The van der Waals surface area contributed by atoms with Gasteiger partial charge in [-0.1, -0.05) is 17.7 Å². The van der Waals surface area contributed by atoms with Crippen LogP contribution in [0, 0.1) is 5.82 Å². The Morgan fingerprint density at radius 1 is 1.06 bits per heavy atom. The molecule has 14 heteroatoms. The van der Waals surface area contributed by atoms with Crippen LogP contribution in [0.2, 0.25) is 5.02 Å². The molecule has 1 atom stereocenters. The van der Waals surface area contributed by atoms with E-state index in [9.17, 15) is 40.3 Å². The van der Waals surface area contributed by atoms with E-state index in [0.29, 0.717) is 6.07 Å². The summed E-state index contributed by atoms with van der Waals surface area (Å²) in [6.07, 6.45) is -7.86. The molecule has 0 aliphatic heterocycles. The number of amides is 2. The molecule has 4 rings (SSSR count). The van der Waals surface area contributed by atoms with Gasteiger partial charge in [-0.15, -0.1) is 0 Å². The van der Waals surface area contributed by atoms with Crippen molar-refractivity contribution in [2.45, 2.75) is 43.7 Å². The third-order valence-corrected chi connectivity index (χ3v) is 6.02. The van der Waals surface area contributed by atoms with E-state index in [2.05, 4.69) is 15.3 Å². The number of alkyl halides is 6. The van der Waals surface area contributed by atoms with Crippen LogP contribution in [0.3, 0.4) is 0 Å². The number of hydrogen-bond acceptors (Lipinski definition) is 3. The zero-order chi connectivity index (χ0) is 26.4. The lowest BCUT2D eigenvalue weighted by Gasteiger charge is -2.26. The van der Waals surface area contributed by atoms with Gasteiger partial charge in [-0.2, -0.15) is 26.3 Å². The van der Waals surface area contributed by atoms with Gasteiger partial charge in [0, 0.05) is 6.04 Å². The number of benzene rings is 2. The first-order chi connectivity index (χ1) is 16.7. The molecule has 1 unspecified atom stereocenters. The highest BCUT2D eigenvalue weighted by Crippen LogP contribution is 2.37. The molecule has 0 radical (unpaired) electrons. The Hall–Kier alpha value is -3.35. The van der Waals surface area contributed by atoms with Gasteiger partial charge >= 0.3 is 12.4 Å². The molecule has 192 valence electrons. The number of aromatic amines is 1. The first-order valence-electron chi connectivity index (χ1n) is 10.5. The molecule has 3 aromatic rings. The molecule has 2 aromatic carbocycles. The van der Waals surface area contributed by atoms with Gasteiger partial charge in [-0.25, -0.2) is 9.37 Å². The van der Waals surface area contributed by atoms with Gasteiger partial charge < -0.3 is 15.6 Å². The summed E-state index contributed by atoms with van der Waals surface area (Å²) >= 11 is 6.14. The van der Waals surface area contributed by atoms with Crippen LogP contribution in [0.1, 0.15) is 57.4 Å². The van der Waals surface area contributed by atoms with Crippen LogP contribution in [-0.4, -0.2) is 34.0 Å². The molecular formula is C22H16ClF7N4O2. The minimum atomic E-state index is -5.25. The molecule has 3 N–H and O–H groups in total. The maximum Gasteiger partial charge on any atom is 0.419 e. The third kappa shape index (κ3) is 5.25. The molecule has 1 aromatic heterocycles. The predicted octanol–water partition coefficient (Wildman–Crippen LogP) is 5.69. The van der Waals surface area contributed by atoms with Gasteiger partial charge in [0.15, 0.2) is 11.9 Å². The molecule has 1 aliphatic carbocycles. The van der Waals surface area contributed by atoms with Crippen LogP contribution >= 0.6 is 11.6 Å². The van der Waals surface area contributed by atoms with Crippen LogP contribution < -0.4 is 10.6 Å². The number of nitrogens with one attached hydrogen (secondary N) is 3. The predicted molar refractivity (Wildman–Crippen MR) is 114 cm³/mol. The highest BCUT2D eigenvalue weighted by Gasteiger charge is 2.44. The summed E-state index contributed by atoms with van der Waals surface area (Å²) in [7, 11) is 0. The van der Waals surface area contributed by atoms with Crippen molar-refractivity contribution in [3.63, 3.8) is 0 Å². The zero-order valence-electron chi connectivity index (χ0n) is 18.0. The Morgan fingerprint density at radius 3 is 2.33 bits per heavy atom. The lowest BCUT2D eigenvalue weighted by molar-refractivity contribution is -0.156. The Labute approximate surface area is 203 Å². The fourth-order valence-corrected chi connectivity index (χ4v) is 3.87. The number of carbonyl (C=O) groups excluding carboxylic acids is 2. The lowest BCUT2D eigenvalue weighted by Crippen LogP contribution is -2.39. The Balaban J connectivity index is 1.62. The Morgan fingerprint density at radius 2 is 1.75 bits per heavy atom. The van der Waals surface area contributed by atoms with Gasteiger partial charge in [0.05, 0.1) is 27.2 Å². The summed E-state index contributed by atoms with van der Waals surface area (Å²) in [6, 6.07) is 0.361. The number of carbonyl (C=O) groups is 2. The van der Waals surface area contributed by atoms with E-state index in [4.69, 9.17) is 11.6 Å². The number of rotatable bonds is 5. The van der Waals surface area contributed by atoms with Crippen LogP contribution in [0.5, 0.6) is 0 Å². The van der Waals surface area contributed by atoms with E-state index in [1.54, 1.807) is 5.32 Å². The summed E-state index contributed by atoms with van der Waals surface area (Å²) in [5.74, 6) is -4.24. The van der Waals surface area contributed by atoms with E-state index in [-0.39, 0.29) is 39.8 Å². The van der Waals surface area contributed by atoms with Crippen molar-refractivity contribution in [2.75, 3.05) is 0 Å². The second kappa shape index (κ2) is 9.26. The average molecular weight is 537 g/mol. The fourth-order valence-electron chi connectivity index (χ4n) is 3.62. The van der Waals surface area contributed by atoms with Gasteiger partial charge in [0.25, 0.3) is 11.8 Å². The van der Waals surface area contributed by atoms with E-state index in [1.165, 1.54) is 12.1 Å². The number of halogens is 8. The second-order valence-electron chi connectivity index (χ2n) is 8.22. The molecular weight excluding hydrogens is 521 g/mol. The first kappa shape index (κ1) is 25.7. The molecule has 1 fully saturated rings. The van der Waals surface area contributed by atoms with Gasteiger partial charge in [-0.05, 0) is 49.1 Å². The van der Waals surface area contributed by atoms with Gasteiger partial charge in [0.1, 0.15) is 5.82 Å². The number of aromatic nitrogens is 2. The topological polar surface area (TPSA) is 86.9 Å². The summed E-state index contributed by atoms with van der Waals surface area (Å²) < 4.78 is 93.5. The SMILES string of the molecule is O=C(NC(c1ccc(F)c(C(F)(F)F)c1)C(F)(F)F)c1nc2cc(C(=O)NC3CCC3)c(Cl)cc2[nH]1. The quantitative estimate of drug-likeness (QED) is 0.366. The van der Waals surface area contributed by atoms with E-state index in [0.717, 1.165) is 19.3 Å². The molecule has 0 bridgehead atoms. The zero-order valence-corrected chi connectivity index (χ0v) is 18.7. The summed E-state index contributed by atoms with van der Waals surface area (Å²) in [6.45, 7) is 0. The smallest absolute Gasteiger partial charge is 0.349 e. The maximum absolute atomic E-state index is 13.7. The van der Waals surface area contributed by atoms with E-state index < -0.39 is 53.0 Å². The normalized spacial score (nSPS) is 15.4. The van der Waals surface area contributed by atoms with E-state index in [1.807, 2.05) is 0 Å². The minimum Gasteiger partial charge on any atom is -0.349 e. The van der Waals surface area contributed by atoms with Crippen LogP contribution in [0.15, 0.2) is 30.3 Å². The summed E-state index contributed by atoms with van der Waals surface area (Å²) in [5, 5.41) is 4.37. The Bertz CT molecular complexity index is 1330. The molecule has 0 spiro atoms. The highest BCUT2D eigenvalue weighted by molar-refractivity contribution is 6.34. The minimum absolute atomic E-state index is 0.00779. The average Bonchev–Trinajstić information content (AvgIpc) is 3.15. The number of nitrogens with zero attached hydrogens (tertiary/aromatic N) is 1. The largest absolute Gasteiger partial charge is 0.419 e. The molecule has 6 nitrogen and oxygen atoms in total. The summed E-state index contributed by atoms with van der Waals surface area (Å²) in [4.78, 5) is 31.4. The molecule has 1 saturated carbocycles. The van der Waals surface area contributed by atoms with Gasteiger partial charge in [0.2, 0.25) is 0 Å². The molecule has 36 heavy (non-hydrogen) atoms. The highest BCUT2D eigenvalue weighted by atomic mass is 35.5. The first-order valence-corrected chi connectivity index (χ1v) is 10.9. The third-order valence-electron chi connectivity index (χ3n) is 5.70. The van der Waals surface area contributed by atoms with Crippen molar-refractivity contribution in [1.29, 1.82) is 0 Å². The second-order valence-corrected chi connectivity index (χ2v) is 8.63. The van der Waals surface area contributed by atoms with Crippen LogP contribution in [0.25, 0.3) is 11.0 Å². The van der Waals surface area contributed by atoms with Crippen molar-refractivity contribution in [3.05, 3.63) is 63.7 Å². The Kier molecular flexibility index (Phi) is 6.62. The van der Waals surface area contributed by atoms with Crippen molar-refractivity contribution >= 4 is 34.4 Å². The standard InChI is InChI=1S/C22H16ClF7N4O2/c23-13-8-16-15(7-11(13)19(35)31-10-2-1-3-10)32-18(33-16)20(36)34-17(22(28,29)30)9-4-5-14(24)12(6-9)21(25,26)27/h4-8,10,17H,1-3H2,(H,31,35)(H,32,33)(H,34,36). The van der Waals surface area contributed by atoms with Crippen LogP contribution in [-0.2, 0) is 6.18 Å². The van der Waals surface area contributed by atoms with Gasteiger partial charge in [-0.3, -0.25) is 9.59 Å². The van der Waals surface area contributed by atoms with Crippen molar-refractivity contribution < 1.29 is 40.3 Å². The van der Waals surface area contributed by atoms with Crippen molar-refractivity contribution in [2.24, 2.45) is 0 Å². The maximum atomic E-state index is 13.7. The number of imidazole rings is 1. The van der Waals surface area contributed by atoms with Crippen LogP contribution in [0.4, 0.5) is 30.7 Å². The fraction of sp³-hybridized carbons (Fsp3) is 0.318. The molecule has 1 heterocycles. The summed E-state index contributed by atoms with van der Waals surface area (Å²) in [5.41, 5.74) is -2.70. The number of hydrogen-bond donors (Lipinski definition) is 3. The monoisotopic (exact) mass is 536 g/mol. The molecule has 0 saturated heterocycles. The van der Waals surface area contributed by atoms with E-state index >= 15 is 0 Å². The van der Waals surface area contributed by atoms with Crippen molar-refractivity contribution in [1.82, 2.24) is 20.6 Å². The lowest BCUT2D eigenvalue weighted by atomic mass is 9.93. The van der Waals surface area contributed by atoms with Crippen molar-refractivity contribution in [3.8, 4) is 0 Å².